The van der Waals surface area contributed by atoms with Crippen molar-refractivity contribution in [2.45, 2.75) is 33.9 Å². The monoisotopic (exact) mass is 448 g/mol. The molecular formula is C18H33IN4O. The number of nitrogens with zero attached hydrogens (tertiary/aromatic N) is 2. The zero-order chi connectivity index (χ0) is 16.9. The molecule has 0 unspecified atom stereocenters. The van der Waals surface area contributed by atoms with Crippen molar-refractivity contribution >= 4 is 29.9 Å². The first kappa shape index (κ1) is 23.1. The van der Waals surface area contributed by atoms with Gasteiger partial charge in [-0.25, -0.2) is 4.99 Å². The summed E-state index contributed by atoms with van der Waals surface area (Å²) in [4.78, 5) is 7.12. The van der Waals surface area contributed by atoms with Crippen LogP contribution in [-0.2, 0) is 17.8 Å². The smallest absolute Gasteiger partial charge is 0.191 e. The fourth-order valence-electron chi connectivity index (χ4n) is 2.33. The molecule has 0 aliphatic rings. The van der Waals surface area contributed by atoms with E-state index in [4.69, 9.17) is 9.73 Å². The van der Waals surface area contributed by atoms with Gasteiger partial charge in [-0.15, -0.1) is 24.0 Å². The minimum Gasteiger partial charge on any atom is -0.383 e. The third-order valence-electron chi connectivity index (χ3n) is 3.76. The molecule has 0 spiro atoms. The minimum atomic E-state index is 0. The van der Waals surface area contributed by atoms with E-state index in [1.807, 2.05) is 0 Å². The molecule has 0 saturated carbocycles. The van der Waals surface area contributed by atoms with Crippen molar-refractivity contribution in [1.29, 1.82) is 0 Å². The number of hydrogen-bond acceptors (Lipinski definition) is 3. The van der Waals surface area contributed by atoms with Crippen LogP contribution in [0.15, 0.2) is 29.3 Å². The van der Waals surface area contributed by atoms with Gasteiger partial charge in [-0.2, -0.15) is 0 Å². The lowest BCUT2D eigenvalue weighted by Gasteiger charge is -2.20. The number of halogens is 1. The van der Waals surface area contributed by atoms with Gasteiger partial charge in [-0.1, -0.05) is 38.1 Å². The van der Waals surface area contributed by atoms with E-state index >= 15 is 0 Å². The summed E-state index contributed by atoms with van der Waals surface area (Å²) >= 11 is 0. The van der Waals surface area contributed by atoms with Crippen LogP contribution >= 0.6 is 24.0 Å². The Balaban J connectivity index is 0.00000529. The van der Waals surface area contributed by atoms with Crippen molar-refractivity contribution in [3.8, 4) is 0 Å². The minimum absolute atomic E-state index is 0. The average molecular weight is 448 g/mol. The first-order valence-electron chi connectivity index (χ1n) is 8.55. The van der Waals surface area contributed by atoms with Crippen LogP contribution in [0.4, 0.5) is 0 Å². The number of rotatable bonds is 10. The molecule has 0 saturated heterocycles. The molecule has 138 valence electrons. The van der Waals surface area contributed by atoms with Gasteiger partial charge in [0, 0.05) is 26.7 Å². The first-order valence-corrected chi connectivity index (χ1v) is 8.55. The van der Waals surface area contributed by atoms with E-state index in [0.29, 0.717) is 13.2 Å². The molecule has 1 aromatic carbocycles. The van der Waals surface area contributed by atoms with Gasteiger partial charge in [0.05, 0.1) is 13.2 Å². The van der Waals surface area contributed by atoms with E-state index in [0.717, 1.165) is 38.7 Å². The third-order valence-corrected chi connectivity index (χ3v) is 3.76. The van der Waals surface area contributed by atoms with Gasteiger partial charge in [0.2, 0.25) is 0 Å². The van der Waals surface area contributed by atoms with Gasteiger partial charge in [0.25, 0.3) is 0 Å². The normalized spacial score (nSPS) is 11.3. The zero-order valence-electron chi connectivity index (χ0n) is 15.5. The molecule has 1 aromatic rings. The summed E-state index contributed by atoms with van der Waals surface area (Å²) < 4.78 is 5.07. The summed E-state index contributed by atoms with van der Waals surface area (Å²) in [5, 5.41) is 6.55. The lowest BCUT2D eigenvalue weighted by molar-refractivity contribution is 0.203. The number of guanidine groups is 1. The van der Waals surface area contributed by atoms with E-state index in [1.54, 1.807) is 7.11 Å². The number of benzene rings is 1. The highest BCUT2D eigenvalue weighted by molar-refractivity contribution is 14.0. The predicted molar refractivity (Wildman–Crippen MR) is 113 cm³/mol. The second-order valence-electron chi connectivity index (χ2n) is 5.34. The Kier molecular flexibility index (Phi) is 14.0. The number of methoxy groups -OCH3 is 1. The van der Waals surface area contributed by atoms with Crippen LogP contribution in [0, 0.1) is 0 Å². The van der Waals surface area contributed by atoms with Crippen LogP contribution in [0.3, 0.4) is 0 Å². The predicted octanol–water partition coefficient (Wildman–Crippen LogP) is 2.85. The molecule has 0 aromatic heterocycles. The Hall–Kier alpha value is -0.860. The van der Waals surface area contributed by atoms with Crippen molar-refractivity contribution in [3.05, 3.63) is 35.4 Å². The molecule has 0 heterocycles. The van der Waals surface area contributed by atoms with E-state index in [1.165, 1.54) is 11.1 Å². The largest absolute Gasteiger partial charge is 0.383 e. The summed E-state index contributed by atoms with van der Waals surface area (Å²) in [5.41, 5.74) is 2.64. The second kappa shape index (κ2) is 14.5. The topological polar surface area (TPSA) is 48.9 Å². The molecule has 2 N–H and O–H groups in total. The molecule has 0 bridgehead atoms. The molecule has 0 atom stereocenters. The summed E-state index contributed by atoms with van der Waals surface area (Å²) in [6.45, 7) is 12.5. The van der Waals surface area contributed by atoms with Gasteiger partial charge in [-0.05, 0) is 31.1 Å². The van der Waals surface area contributed by atoms with Crippen molar-refractivity contribution in [1.82, 2.24) is 15.5 Å². The fraction of sp³-hybridized carbons (Fsp3) is 0.611. The summed E-state index contributed by atoms with van der Waals surface area (Å²) in [7, 11) is 1.70. The Morgan fingerprint density at radius 2 is 1.75 bits per heavy atom. The van der Waals surface area contributed by atoms with Crippen LogP contribution in [0.2, 0.25) is 0 Å². The SMILES string of the molecule is CCNC(=NCc1ccccc1CN(CC)CC)NCCOC.I. The van der Waals surface area contributed by atoms with E-state index in [2.05, 4.69) is 60.6 Å². The van der Waals surface area contributed by atoms with Crippen LogP contribution in [-0.4, -0.2) is 50.8 Å². The van der Waals surface area contributed by atoms with Crippen LogP contribution in [0.5, 0.6) is 0 Å². The molecule has 5 nitrogen and oxygen atoms in total. The molecule has 0 amide bonds. The Morgan fingerprint density at radius 1 is 1.08 bits per heavy atom. The van der Waals surface area contributed by atoms with Crippen molar-refractivity contribution in [2.24, 2.45) is 4.99 Å². The lowest BCUT2D eigenvalue weighted by atomic mass is 10.1. The molecule has 1 rings (SSSR count). The average Bonchev–Trinajstić information content (AvgIpc) is 2.58. The summed E-state index contributed by atoms with van der Waals surface area (Å²) in [6.07, 6.45) is 0. The molecule has 0 fully saturated rings. The van der Waals surface area contributed by atoms with Gasteiger partial charge in [0.15, 0.2) is 5.96 Å². The molecule has 6 heteroatoms. The zero-order valence-corrected chi connectivity index (χ0v) is 17.8. The van der Waals surface area contributed by atoms with E-state index in [-0.39, 0.29) is 24.0 Å². The Morgan fingerprint density at radius 3 is 2.33 bits per heavy atom. The van der Waals surface area contributed by atoms with Gasteiger partial charge < -0.3 is 15.4 Å². The second-order valence-corrected chi connectivity index (χ2v) is 5.34. The highest BCUT2D eigenvalue weighted by Crippen LogP contribution is 2.13. The molecular weight excluding hydrogens is 415 g/mol. The lowest BCUT2D eigenvalue weighted by Crippen LogP contribution is -2.38. The molecule has 0 radical (unpaired) electrons. The highest BCUT2D eigenvalue weighted by Gasteiger charge is 2.06. The fourth-order valence-corrected chi connectivity index (χ4v) is 2.33. The van der Waals surface area contributed by atoms with E-state index < -0.39 is 0 Å². The molecule has 0 aliphatic heterocycles. The quantitative estimate of drug-likeness (QED) is 0.250. The van der Waals surface area contributed by atoms with Crippen molar-refractivity contribution < 1.29 is 4.74 Å². The van der Waals surface area contributed by atoms with Crippen molar-refractivity contribution in [3.63, 3.8) is 0 Å². The summed E-state index contributed by atoms with van der Waals surface area (Å²) in [5.74, 6) is 0.835. The molecule has 24 heavy (non-hydrogen) atoms. The van der Waals surface area contributed by atoms with Crippen LogP contribution in [0.25, 0.3) is 0 Å². The standard InChI is InChI=1S/C18H32N4O.HI/c1-5-19-18(20-12-13-23-4)21-14-16-10-8-9-11-17(16)15-22(6-2)7-3;/h8-11H,5-7,12-15H2,1-4H3,(H2,19,20,21);1H. The number of nitrogens with one attached hydrogen (secondary N) is 2. The van der Waals surface area contributed by atoms with Crippen molar-refractivity contribution in [2.75, 3.05) is 39.9 Å². The van der Waals surface area contributed by atoms with E-state index in [9.17, 15) is 0 Å². The maximum atomic E-state index is 5.07. The summed E-state index contributed by atoms with van der Waals surface area (Å²) in [6, 6.07) is 8.56. The van der Waals surface area contributed by atoms with Crippen LogP contribution < -0.4 is 10.6 Å². The Labute approximate surface area is 164 Å². The maximum absolute atomic E-state index is 5.07. The Bertz CT molecular complexity index is 464. The van der Waals surface area contributed by atoms with Crippen LogP contribution in [0.1, 0.15) is 31.9 Å². The maximum Gasteiger partial charge on any atom is 0.191 e. The van der Waals surface area contributed by atoms with Gasteiger partial charge in [0.1, 0.15) is 0 Å². The first-order chi connectivity index (χ1) is 11.2. The third kappa shape index (κ3) is 8.84. The number of aliphatic imine (C=N–C) groups is 1. The molecule has 0 aliphatic carbocycles. The van der Waals surface area contributed by atoms with Gasteiger partial charge >= 0.3 is 0 Å². The highest BCUT2D eigenvalue weighted by atomic mass is 127. The number of hydrogen-bond donors (Lipinski definition) is 2. The van der Waals surface area contributed by atoms with Gasteiger partial charge in [-0.3, -0.25) is 4.90 Å². The number of ether oxygens (including phenoxy) is 1.